The Morgan fingerprint density at radius 2 is 1.85 bits per heavy atom. The second-order valence-electron chi connectivity index (χ2n) is 6.31. The molecule has 2 aromatic carbocycles. The molecule has 0 atom stereocenters. The summed E-state index contributed by atoms with van der Waals surface area (Å²) in [6.07, 6.45) is 5.07. The van der Waals surface area contributed by atoms with Gasteiger partial charge in [-0.2, -0.15) is 0 Å². The van der Waals surface area contributed by atoms with Gasteiger partial charge in [0.2, 0.25) is 0 Å². The second kappa shape index (κ2) is 5.81. The van der Waals surface area contributed by atoms with Gasteiger partial charge in [-0.25, -0.2) is 9.97 Å². The zero-order chi connectivity index (χ0) is 18.4. The zero-order valence-corrected chi connectivity index (χ0v) is 14.3. The van der Waals surface area contributed by atoms with Crippen LogP contribution in [-0.2, 0) is 0 Å². The summed E-state index contributed by atoms with van der Waals surface area (Å²) in [6, 6.07) is 17.3. The Morgan fingerprint density at radius 3 is 2.70 bits per heavy atom. The van der Waals surface area contributed by atoms with Crippen LogP contribution in [0.25, 0.3) is 38.6 Å². The van der Waals surface area contributed by atoms with E-state index in [1.165, 1.54) is 6.33 Å². The van der Waals surface area contributed by atoms with E-state index in [1.54, 1.807) is 10.8 Å². The molecule has 0 aliphatic rings. The number of nitrogens with zero attached hydrogens (tertiary/aromatic N) is 3. The highest BCUT2D eigenvalue weighted by molar-refractivity contribution is 6.01. The standard InChI is InChI=1S/C21H15N5O/c22-19-18-17(11-23-20(18)25-12-24-19)14-7-6-13-8-9-26(21(27)16(13)10-14)15-4-2-1-3-5-15/h1-12H,(H3,22,23,24,25). The van der Waals surface area contributed by atoms with Crippen LogP contribution in [0.1, 0.15) is 0 Å². The summed E-state index contributed by atoms with van der Waals surface area (Å²) in [7, 11) is 0. The second-order valence-corrected chi connectivity index (χ2v) is 6.31. The largest absolute Gasteiger partial charge is 0.383 e. The van der Waals surface area contributed by atoms with Crippen molar-refractivity contribution in [3.8, 4) is 16.8 Å². The monoisotopic (exact) mass is 353 g/mol. The van der Waals surface area contributed by atoms with Crippen LogP contribution in [0.15, 0.2) is 78.1 Å². The van der Waals surface area contributed by atoms with Crippen molar-refractivity contribution in [1.29, 1.82) is 0 Å². The van der Waals surface area contributed by atoms with E-state index >= 15 is 0 Å². The summed E-state index contributed by atoms with van der Waals surface area (Å²) in [5, 5.41) is 2.29. The van der Waals surface area contributed by atoms with Gasteiger partial charge in [0.15, 0.2) is 0 Å². The molecule has 6 nitrogen and oxygen atoms in total. The van der Waals surface area contributed by atoms with E-state index in [1.807, 2.05) is 60.8 Å². The summed E-state index contributed by atoms with van der Waals surface area (Å²) in [6.45, 7) is 0. The Morgan fingerprint density at radius 1 is 1.00 bits per heavy atom. The molecule has 5 rings (SSSR count). The highest BCUT2D eigenvalue weighted by Gasteiger charge is 2.12. The zero-order valence-electron chi connectivity index (χ0n) is 14.3. The SMILES string of the molecule is Nc1ncnc2[nH]cc(-c3ccc4ccn(-c5ccccc5)c(=O)c4c3)c12. The van der Waals surface area contributed by atoms with E-state index in [2.05, 4.69) is 15.0 Å². The quantitative estimate of drug-likeness (QED) is 0.508. The summed E-state index contributed by atoms with van der Waals surface area (Å²) < 4.78 is 1.65. The molecule has 0 aliphatic carbocycles. The van der Waals surface area contributed by atoms with Crippen LogP contribution in [0.4, 0.5) is 5.82 Å². The maximum Gasteiger partial charge on any atom is 0.262 e. The van der Waals surface area contributed by atoms with Crippen LogP contribution in [0.3, 0.4) is 0 Å². The molecule has 3 aromatic heterocycles. The Bertz CT molecular complexity index is 1350. The average Bonchev–Trinajstić information content (AvgIpc) is 3.14. The third-order valence-corrected chi connectivity index (χ3v) is 4.75. The number of pyridine rings is 1. The predicted molar refractivity (Wildman–Crippen MR) is 107 cm³/mol. The number of H-pyrrole nitrogens is 1. The average molecular weight is 353 g/mol. The van der Waals surface area contributed by atoms with Crippen molar-refractivity contribution < 1.29 is 0 Å². The van der Waals surface area contributed by atoms with E-state index in [-0.39, 0.29) is 5.56 Å². The summed E-state index contributed by atoms with van der Waals surface area (Å²) in [4.78, 5) is 24.5. The lowest BCUT2D eigenvalue weighted by molar-refractivity contribution is 1.01. The maximum absolute atomic E-state index is 13.1. The van der Waals surface area contributed by atoms with Crippen LogP contribution in [0.5, 0.6) is 0 Å². The number of para-hydroxylation sites is 1. The van der Waals surface area contributed by atoms with Gasteiger partial charge in [0.25, 0.3) is 5.56 Å². The van der Waals surface area contributed by atoms with Crippen molar-refractivity contribution in [2.75, 3.05) is 5.73 Å². The van der Waals surface area contributed by atoms with E-state index in [0.717, 1.165) is 27.6 Å². The van der Waals surface area contributed by atoms with Gasteiger partial charge >= 0.3 is 0 Å². The number of benzene rings is 2. The van der Waals surface area contributed by atoms with Gasteiger partial charge in [-0.15, -0.1) is 0 Å². The minimum atomic E-state index is -0.0652. The molecule has 0 amide bonds. The fourth-order valence-corrected chi connectivity index (χ4v) is 3.41. The first kappa shape index (κ1) is 15.3. The number of nitrogen functional groups attached to an aromatic ring is 1. The molecule has 0 aliphatic heterocycles. The van der Waals surface area contributed by atoms with E-state index in [4.69, 9.17) is 5.73 Å². The molecular formula is C21H15N5O. The number of hydrogen-bond acceptors (Lipinski definition) is 4. The molecule has 0 bridgehead atoms. The lowest BCUT2D eigenvalue weighted by Crippen LogP contribution is -2.17. The molecule has 0 unspecified atom stereocenters. The molecule has 6 heteroatoms. The number of hydrogen-bond donors (Lipinski definition) is 2. The van der Waals surface area contributed by atoms with Crippen molar-refractivity contribution >= 4 is 27.6 Å². The summed E-state index contributed by atoms with van der Waals surface area (Å²) in [5.41, 5.74) is 9.25. The predicted octanol–water partition coefficient (Wildman–Crippen LogP) is 3.51. The first-order chi connectivity index (χ1) is 13.2. The lowest BCUT2D eigenvalue weighted by Gasteiger charge is -2.08. The van der Waals surface area contributed by atoms with Crippen LogP contribution >= 0.6 is 0 Å². The molecule has 0 saturated carbocycles. The maximum atomic E-state index is 13.1. The van der Waals surface area contributed by atoms with Gasteiger partial charge in [0, 0.05) is 29.0 Å². The third kappa shape index (κ3) is 2.38. The number of aromatic amines is 1. The molecule has 27 heavy (non-hydrogen) atoms. The van der Waals surface area contributed by atoms with Gasteiger partial charge in [-0.05, 0) is 35.2 Å². The first-order valence-electron chi connectivity index (χ1n) is 8.51. The Balaban J connectivity index is 1.76. The smallest absolute Gasteiger partial charge is 0.262 e. The molecular weight excluding hydrogens is 338 g/mol. The van der Waals surface area contributed by atoms with Crippen molar-refractivity contribution in [2.45, 2.75) is 0 Å². The minimum absolute atomic E-state index is 0.0652. The Hall–Kier alpha value is -3.93. The number of aromatic nitrogens is 4. The van der Waals surface area contributed by atoms with Crippen LogP contribution in [0, 0.1) is 0 Å². The van der Waals surface area contributed by atoms with Crippen LogP contribution in [-0.4, -0.2) is 19.5 Å². The van der Waals surface area contributed by atoms with E-state index < -0.39 is 0 Å². The Kier molecular flexibility index (Phi) is 3.30. The topological polar surface area (TPSA) is 89.6 Å². The van der Waals surface area contributed by atoms with Crippen LogP contribution in [0.2, 0.25) is 0 Å². The van der Waals surface area contributed by atoms with Crippen molar-refractivity contribution in [3.05, 3.63) is 83.7 Å². The number of rotatable bonds is 2. The van der Waals surface area contributed by atoms with E-state index in [0.29, 0.717) is 16.9 Å². The molecule has 3 N–H and O–H groups in total. The number of anilines is 1. The molecule has 0 radical (unpaired) electrons. The molecule has 5 aromatic rings. The Labute approximate surface area is 153 Å². The molecule has 3 heterocycles. The third-order valence-electron chi connectivity index (χ3n) is 4.75. The molecule has 130 valence electrons. The van der Waals surface area contributed by atoms with Crippen LogP contribution < -0.4 is 11.3 Å². The fraction of sp³-hybridized carbons (Fsp3) is 0. The first-order valence-corrected chi connectivity index (χ1v) is 8.51. The lowest BCUT2D eigenvalue weighted by atomic mass is 10.0. The van der Waals surface area contributed by atoms with Gasteiger partial charge in [-0.3, -0.25) is 9.36 Å². The molecule has 0 fully saturated rings. The number of fused-ring (bicyclic) bond motifs is 2. The highest BCUT2D eigenvalue weighted by atomic mass is 16.1. The number of nitrogens with two attached hydrogens (primary N) is 1. The molecule has 0 spiro atoms. The van der Waals surface area contributed by atoms with Crippen molar-refractivity contribution in [1.82, 2.24) is 19.5 Å². The molecule has 0 saturated heterocycles. The minimum Gasteiger partial charge on any atom is -0.383 e. The summed E-state index contributed by atoms with van der Waals surface area (Å²) >= 11 is 0. The normalized spacial score (nSPS) is 11.3. The summed E-state index contributed by atoms with van der Waals surface area (Å²) in [5.74, 6) is 0.408. The highest BCUT2D eigenvalue weighted by Crippen LogP contribution is 2.31. The number of nitrogens with one attached hydrogen (secondary N) is 1. The van der Waals surface area contributed by atoms with Gasteiger partial charge in [0.05, 0.1) is 5.39 Å². The van der Waals surface area contributed by atoms with Crippen molar-refractivity contribution in [3.63, 3.8) is 0 Å². The van der Waals surface area contributed by atoms with E-state index in [9.17, 15) is 4.79 Å². The van der Waals surface area contributed by atoms with Gasteiger partial charge in [-0.1, -0.05) is 30.3 Å². The van der Waals surface area contributed by atoms with Gasteiger partial charge < -0.3 is 10.7 Å². The fourth-order valence-electron chi connectivity index (χ4n) is 3.41. The van der Waals surface area contributed by atoms with Gasteiger partial charge in [0.1, 0.15) is 17.8 Å². The van der Waals surface area contributed by atoms with Crippen molar-refractivity contribution in [2.24, 2.45) is 0 Å².